The lowest BCUT2D eigenvalue weighted by Crippen LogP contribution is -2.07. The molecule has 0 unspecified atom stereocenters. The molecular formula is C15H15IN2O2. The third-order valence-corrected chi connectivity index (χ3v) is 3.80. The van der Waals surface area contributed by atoms with Crippen LogP contribution in [0.1, 0.15) is 11.1 Å². The Kier molecular flexibility index (Phi) is 4.94. The van der Waals surface area contributed by atoms with Crippen LogP contribution in [-0.2, 0) is 6.42 Å². The van der Waals surface area contributed by atoms with Crippen LogP contribution in [0.4, 0.5) is 11.4 Å². The largest absolute Gasteiger partial charge is 0.379 e. The van der Waals surface area contributed by atoms with E-state index in [9.17, 15) is 10.1 Å². The van der Waals surface area contributed by atoms with Crippen molar-refractivity contribution in [1.82, 2.24) is 0 Å². The van der Waals surface area contributed by atoms with Crippen LogP contribution in [0.2, 0.25) is 0 Å². The van der Waals surface area contributed by atoms with Gasteiger partial charge in [0.1, 0.15) is 5.69 Å². The Morgan fingerprint density at radius 1 is 1.25 bits per heavy atom. The summed E-state index contributed by atoms with van der Waals surface area (Å²) in [7, 11) is 0. The Hall–Kier alpha value is -1.63. The maximum atomic E-state index is 11.0. The first kappa shape index (κ1) is 14.8. The Bertz CT molecular complexity index is 629. The molecule has 0 fully saturated rings. The standard InChI is InChI=1S/C15H15IN2O2/c1-11-4-2-3-5-12(11)8-9-17-14-7-6-13(16)10-15(14)18(19)20/h2-7,10,17H,8-9H2,1H3. The van der Waals surface area contributed by atoms with Gasteiger partial charge in [0.2, 0.25) is 0 Å². The van der Waals surface area contributed by atoms with Crippen molar-refractivity contribution >= 4 is 34.0 Å². The molecule has 0 spiro atoms. The van der Waals surface area contributed by atoms with Crippen molar-refractivity contribution in [3.63, 3.8) is 0 Å². The molecule has 0 aliphatic carbocycles. The molecule has 5 heteroatoms. The lowest BCUT2D eigenvalue weighted by atomic mass is 10.1. The van der Waals surface area contributed by atoms with E-state index in [0.717, 1.165) is 9.99 Å². The summed E-state index contributed by atoms with van der Waals surface area (Å²) >= 11 is 2.07. The highest BCUT2D eigenvalue weighted by Crippen LogP contribution is 2.26. The molecule has 0 heterocycles. The normalized spacial score (nSPS) is 10.3. The number of anilines is 1. The number of nitrogens with zero attached hydrogens (tertiary/aromatic N) is 1. The van der Waals surface area contributed by atoms with E-state index in [1.807, 2.05) is 18.2 Å². The van der Waals surface area contributed by atoms with E-state index in [2.05, 4.69) is 47.0 Å². The van der Waals surface area contributed by atoms with Crippen LogP contribution >= 0.6 is 22.6 Å². The second-order valence-electron chi connectivity index (χ2n) is 4.52. The predicted octanol–water partition coefficient (Wildman–Crippen LogP) is 4.16. The summed E-state index contributed by atoms with van der Waals surface area (Å²) < 4.78 is 0.860. The lowest BCUT2D eigenvalue weighted by Gasteiger charge is -2.09. The molecule has 0 aliphatic heterocycles. The number of nitrogens with one attached hydrogen (secondary N) is 1. The third-order valence-electron chi connectivity index (χ3n) is 3.13. The van der Waals surface area contributed by atoms with E-state index in [1.54, 1.807) is 12.1 Å². The molecule has 0 amide bonds. The molecule has 20 heavy (non-hydrogen) atoms. The Labute approximate surface area is 131 Å². The maximum absolute atomic E-state index is 11.0. The molecule has 2 aromatic rings. The summed E-state index contributed by atoms with van der Waals surface area (Å²) in [4.78, 5) is 10.7. The van der Waals surface area contributed by atoms with Crippen molar-refractivity contribution < 1.29 is 4.92 Å². The van der Waals surface area contributed by atoms with Gasteiger partial charge in [0.25, 0.3) is 5.69 Å². The number of halogens is 1. The quantitative estimate of drug-likeness (QED) is 0.480. The Morgan fingerprint density at radius 3 is 2.70 bits per heavy atom. The van der Waals surface area contributed by atoms with Crippen LogP contribution < -0.4 is 5.32 Å². The molecule has 2 rings (SSSR count). The molecule has 0 saturated heterocycles. The van der Waals surface area contributed by atoms with Crippen LogP contribution in [0.5, 0.6) is 0 Å². The fourth-order valence-corrected chi connectivity index (χ4v) is 2.50. The average molecular weight is 382 g/mol. The molecule has 0 radical (unpaired) electrons. The van der Waals surface area contributed by atoms with E-state index < -0.39 is 0 Å². The van der Waals surface area contributed by atoms with Gasteiger partial charge < -0.3 is 5.32 Å². The minimum absolute atomic E-state index is 0.127. The van der Waals surface area contributed by atoms with Gasteiger partial charge in [-0.25, -0.2) is 0 Å². The summed E-state index contributed by atoms with van der Waals surface area (Å²) in [5, 5.41) is 14.2. The van der Waals surface area contributed by atoms with E-state index >= 15 is 0 Å². The van der Waals surface area contributed by atoms with Gasteiger partial charge in [-0.3, -0.25) is 10.1 Å². The SMILES string of the molecule is Cc1ccccc1CCNc1ccc(I)cc1[N+](=O)[O-]. The fourth-order valence-electron chi connectivity index (χ4n) is 2.03. The highest BCUT2D eigenvalue weighted by molar-refractivity contribution is 14.1. The molecule has 0 aromatic heterocycles. The maximum Gasteiger partial charge on any atom is 0.293 e. The number of nitro benzene ring substituents is 1. The number of rotatable bonds is 5. The Morgan fingerprint density at radius 2 is 2.00 bits per heavy atom. The monoisotopic (exact) mass is 382 g/mol. The highest BCUT2D eigenvalue weighted by Gasteiger charge is 2.13. The van der Waals surface area contributed by atoms with Crippen molar-refractivity contribution in [1.29, 1.82) is 0 Å². The second-order valence-corrected chi connectivity index (χ2v) is 5.77. The first-order chi connectivity index (χ1) is 9.58. The van der Waals surface area contributed by atoms with E-state index in [-0.39, 0.29) is 10.6 Å². The Balaban J connectivity index is 2.05. The van der Waals surface area contributed by atoms with Gasteiger partial charge in [0.05, 0.1) is 4.92 Å². The zero-order chi connectivity index (χ0) is 14.5. The van der Waals surface area contributed by atoms with Crippen LogP contribution in [0.15, 0.2) is 42.5 Å². The average Bonchev–Trinajstić information content (AvgIpc) is 2.42. The minimum atomic E-state index is -0.349. The van der Waals surface area contributed by atoms with E-state index in [0.29, 0.717) is 12.2 Å². The summed E-state index contributed by atoms with van der Waals surface area (Å²) in [6.45, 7) is 2.74. The molecule has 104 valence electrons. The first-order valence-electron chi connectivity index (χ1n) is 6.30. The molecule has 0 aliphatic rings. The molecular weight excluding hydrogens is 367 g/mol. The van der Waals surface area contributed by atoms with E-state index in [1.165, 1.54) is 11.1 Å². The number of hydrogen-bond acceptors (Lipinski definition) is 3. The van der Waals surface area contributed by atoms with Gasteiger partial charge in [-0.05, 0) is 59.2 Å². The van der Waals surface area contributed by atoms with Gasteiger partial charge in [-0.15, -0.1) is 0 Å². The van der Waals surface area contributed by atoms with Crippen LogP contribution in [-0.4, -0.2) is 11.5 Å². The molecule has 0 saturated carbocycles. The topological polar surface area (TPSA) is 55.2 Å². The van der Waals surface area contributed by atoms with Crippen molar-refractivity contribution in [2.75, 3.05) is 11.9 Å². The van der Waals surface area contributed by atoms with Gasteiger partial charge in [-0.1, -0.05) is 24.3 Å². The predicted molar refractivity (Wildman–Crippen MR) is 89.2 cm³/mol. The van der Waals surface area contributed by atoms with Crippen LogP contribution in [0.25, 0.3) is 0 Å². The summed E-state index contributed by atoms with van der Waals surface area (Å²) in [5.74, 6) is 0. The van der Waals surface area contributed by atoms with Gasteiger partial charge in [0.15, 0.2) is 0 Å². The summed E-state index contributed by atoms with van der Waals surface area (Å²) in [5.41, 5.74) is 3.20. The fraction of sp³-hybridized carbons (Fsp3) is 0.200. The number of benzene rings is 2. The first-order valence-corrected chi connectivity index (χ1v) is 7.38. The number of nitro groups is 1. The van der Waals surface area contributed by atoms with Crippen molar-refractivity contribution in [3.05, 3.63) is 67.3 Å². The van der Waals surface area contributed by atoms with Crippen molar-refractivity contribution in [2.45, 2.75) is 13.3 Å². The molecule has 1 N–H and O–H groups in total. The third kappa shape index (κ3) is 3.69. The molecule has 2 aromatic carbocycles. The van der Waals surface area contributed by atoms with Gasteiger partial charge in [-0.2, -0.15) is 0 Å². The number of aryl methyl sites for hydroxylation is 1. The van der Waals surface area contributed by atoms with E-state index in [4.69, 9.17) is 0 Å². The zero-order valence-corrected chi connectivity index (χ0v) is 13.3. The van der Waals surface area contributed by atoms with Gasteiger partial charge in [0, 0.05) is 16.2 Å². The second kappa shape index (κ2) is 6.69. The minimum Gasteiger partial charge on any atom is -0.379 e. The van der Waals surface area contributed by atoms with Gasteiger partial charge >= 0.3 is 0 Å². The lowest BCUT2D eigenvalue weighted by molar-refractivity contribution is -0.384. The molecule has 0 bridgehead atoms. The smallest absolute Gasteiger partial charge is 0.293 e. The zero-order valence-electron chi connectivity index (χ0n) is 11.1. The van der Waals surface area contributed by atoms with Crippen LogP contribution in [0.3, 0.4) is 0 Å². The van der Waals surface area contributed by atoms with Crippen molar-refractivity contribution in [2.24, 2.45) is 0 Å². The highest BCUT2D eigenvalue weighted by atomic mass is 127. The summed E-state index contributed by atoms with van der Waals surface area (Å²) in [6, 6.07) is 13.4. The summed E-state index contributed by atoms with van der Waals surface area (Å²) in [6.07, 6.45) is 0.843. The number of hydrogen-bond donors (Lipinski definition) is 1. The van der Waals surface area contributed by atoms with Crippen LogP contribution in [0, 0.1) is 20.6 Å². The molecule has 0 atom stereocenters. The molecule has 4 nitrogen and oxygen atoms in total. The van der Waals surface area contributed by atoms with Crippen molar-refractivity contribution in [3.8, 4) is 0 Å².